The Hall–Kier alpha value is -2.03. The summed E-state index contributed by atoms with van der Waals surface area (Å²) in [6.45, 7) is 0.705. The fraction of sp³-hybridized carbons (Fsp3) is 0.316. The molecule has 0 saturated carbocycles. The molecule has 0 atom stereocenters. The number of carbonyl (C=O) groups excluding carboxylic acids is 1. The maximum Gasteiger partial charge on any atom is 0.193 e. The highest BCUT2D eigenvalue weighted by molar-refractivity contribution is 6.09. The number of hydrogen-bond acceptors (Lipinski definition) is 2. The van der Waals surface area contributed by atoms with Crippen LogP contribution in [0.15, 0.2) is 54.6 Å². The summed E-state index contributed by atoms with van der Waals surface area (Å²) in [6, 6.07) is 16.7. The minimum absolute atomic E-state index is 0.0361. The van der Waals surface area contributed by atoms with Crippen LogP contribution in [-0.2, 0) is 0 Å². The van der Waals surface area contributed by atoms with E-state index in [0.29, 0.717) is 17.7 Å². The van der Waals surface area contributed by atoms with Crippen LogP contribution in [-0.4, -0.2) is 20.2 Å². The Kier molecular flexibility index (Phi) is 6.75. The van der Waals surface area contributed by atoms with E-state index in [9.17, 15) is 4.79 Å². The Morgan fingerprint density at radius 3 is 2.14 bits per heavy atom. The topological polar surface area (TPSA) is 26.3 Å². The number of unbranched alkanes of at least 4 members (excludes halogenated alkanes) is 3. The Morgan fingerprint density at radius 2 is 1.45 bits per heavy atom. The molecule has 0 saturated heterocycles. The SMILES string of the molecule is [B]CCCCCCOc1ccc(C(=O)c2ccccc2)cc1. The molecule has 22 heavy (non-hydrogen) atoms. The smallest absolute Gasteiger partial charge is 0.193 e. The Bertz CT molecular complexity index is 564. The first-order chi connectivity index (χ1) is 10.8. The predicted molar refractivity (Wildman–Crippen MR) is 90.8 cm³/mol. The molecule has 3 heteroatoms. The monoisotopic (exact) mass is 292 g/mol. The van der Waals surface area contributed by atoms with Crippen molar-refractivity contribution in [2.24, 2.45) is 0 Å². The van der Waals surface area contributed by atoms with Crippen molar-refractivity contribution in [3.8, 4) is 5.75 Å². The van der Waals surface area contributed by atoms with Gasteiger partial charge in [-0.1, -0.05) is 55.9 Å². The molecular formula is C19H21BO2. The molecule has 0 fully saturated rings. The summed E-state index contributed by atoms with van der Waals surface area (Å²) in [7, 11) is 5.46. The molecule has 2 nitrogen and oxygen atoms in total. The van der Waals surface area contributed by atoms with E-state index in [0.717, 1.165) is 37.8 Å². The number of carbonyl (C=O) groups is 1. The van der Waals surface area contributed by atoms with E-state index in [2.05, 4.69) is 0 Å². The highest BCUT2D eigenvalue weighted by atomic mass is 16.5. The molecule has 2 aromatic rings. The third kappa shape index (κ3) is 5.07. The van der Waals surface area contributed by atoms with Crippen LogP contribution in [0.2, 0.25) is 6.32 Å². The van der Waals surface area contributed by atoms with E-state index >= 15 is 0 Å². The zero-order chi connectivity index (χ0) is 15.6. The average molecular weight is 292 g/mol. The Labute approximate surface area is 133 Å². The lowest BCUT2D eigenvalue weighted by atomic mass is 9.99. The highest BCUT2D eigenvalue weighted by Gasteiger charge is 2.08. The Balaban J connectivity index is 1.82. The number of benzene rings is 2. The standard InChI is InChI=1S/C19H21BO2/c20-14-6-1-2-7-15-22-18-12-10-17(11-13-18)19(21)16-8-4-3-5-9-16/h3-5,8-13H,1-2,6-7,14-15H2. The van der Waals surface area contributed by atoms with E-state index in [4.69, 9.17) is 12.6 Å². The maximum absolute atomic E-state index is 12.3. The number of rotatable bonds is 9. The second-order valence-corrected chi connectivity index (χ2v) is 5.27. The molecule has 0 aromatic heterocycles. The van der Waals surface area contributed by atoms with Gasteiger partial charge in [-0.25, -0.2) is 0 Å². The van der Waals surface area contributed by atoms with Gasteiger partial charge in [0.2, 0.25) is 0 Å². The van der Waals surface area contributed by atoms with Crippen molar-refractivity contribution in [1.29, 1.82) is 0 Å². The predicted octanol–water partition coefficient (Wildman–Crippen LogP) is 4.44. The highest BCUT2D eigenvalue weighted by Crippen LogP contribution is 2.16. The summed E-state index contributed by atoms with van der Waals surface area (Å²) < 4.78 is 5.68. The minimum atomic E-state index is 0.0361. The van der Waals surface area contributed by atoms with Gasteiger partial charge in [-0.15, -0.1) is 0 Å². The van der Waals surface area contributed by atoms with Crippen molar-refractivity contribution in [1.82, 2.24) is 0 Å². The van der Waals surface area contributed by atoms with Gasteiger partial charge < -0.3 is 4.74 Å². The van der Waals surface area contributed by atoms with E-state index in [1.807, 2.05) is 54.6 Å². The zero-order valence-corrected chi connectivity index (χ0v) is 12.8. The first kappa shape index (κ1) is 16.3. The second kappa shape index (κ2) is 9.09. The van der Waals surface area contributed by atoms with Crippen LogP contribution in [0.25, 0.3) is 0 Å². The summed E-state index contributed by atoms with van der Waals surface area (Å²) in [5.74, 6) is 0.845. The third-order valence-corrected chi connectivity index (χ3v) is 3.52. The normalized spacial score (nSPS) is 10.4. The van der Waals surface area contributed by atoms with Crippen molar-refractivity contribution in [2.75, 3.05) is 6.61 Å². The van der Waals surface area contributed by atoms with Crippen molar-refractivity contribution in [3.63, 3.8) is 0 Å². The second-order valence-electron chi connectivity index (χ2n) is 5.27. The van der Waals surface area contributed by atoms with Crippen LogP contribution in [0.4, 0.5) is 0 Å². The molecule has 0 N–H and O–H groups in total. The summed E-state index contributed by atoms with van der Waals surface area (Å²) in [6.07, 6.45) is 5.17. The van der Waals surface area contributed by atoms with Crippen LogP contribution in [0.5, 0.6) is 5.75 Å². The largest absolute Gasteiger partial charge is 0.494 e. The molecule has 0 aliphatic heterocycles. The Morgan fingerprint density at radius 1 is 0.818 bits per heavy atom. The lowest BCUT2D eigenvalue weighted by Gasteiger charge is -2.07. The zero-order valence-electron chi connectivity index (χ0n) is 12.8. The molecule has 2 radical (unpaired) electrons. The van der Waals surface area contributed by atoms with Gasteiger partial charge >= 0.3 is 0 Å². The first-order valence-electron chi connectivity index (χ1n) is 7.84. The molecule has 0 heterocycles. The van der Waals surface area contributed by atoms with Crippen molar-refractivity contribution in [3.05, 3.63) is 65.7 Å². The molecule has 0 aliphatic carbocycles. The van der Waals surface area contributed by atoms with Gasteiger partial charge in [0, 0.05) is 11.1 Å². The van der Waals surface area contributed by atoms with Gasteiger partial charge in [-0.3, -0.25) is 4.79 Å². The maximum atomic E-state index is 12.3. The molecule has 0 spiro atoms. The minimum Gasteiger partial charge on any atom is -0.494 e. The van der Waals surface area contributed by atoms with E-state index < -0.39 is 0 Å². The van der Waals surface area contributed by atoms with Gasteiger partial charge in [0.05, 0.1) is 14.5 Å². The molecule has 112 valence electrons. The van der Waals surface area contributed by atoms with Gasteiger partial charge in [0.1, 0.15) is 5.75 Å². The van der Waals surface area contributed by atoms with Crippen LogP contribution >= 0.6 is 0 Å². The van der Waals surface area contributed by atoms with Gasteiger partial charge in [-0.05, 0) is 30.7 Å². The molecule has 0 amide bonds. The molecule has 2 rings (SSSR count). The molecular weight excluding hydrogens is 271 g/mol. The lowest BCUT2D eigenvalue weighted by molar-refractivity contribution is 0.103. The summed E-state index contributed by atoms with van der Waals surface area (Å²) in [5, 5.41) is 0. The van der Waals surface area contributed by atoms with Crippen LogP contribution in [0.3, 0.4) is 0 Å². The van der Waals surface area contributed by atoms with Gasteiger partial charge in [0.15, 0.2) is 5.78 Å². The fourth-order valence-corrected chi connectivity index (χ4v) is 2.25. The van der Waals surface area contributed by atoms with E-state index in [-0.39, 0.29) is 5.78 Å². The number of ketones is 1. The lowest BCUT2D eigenvalue weighted by Crippen LogP contribution is -2.01. The fourth-order valence-electron chi connectivity index (χ4n) is 2.25. The van der Waals surface area contributed by atoms with Crippen LogP contribution in [0, 0.1) is 0 Å². The van der Waals surface area contributed by atoms with Crippen LogP contribution in [0.1, 0.15) is 41.6 Å². The number of hydrogen-bond donors (Lipinski definition) is 0. The summed E-state index contributed by atoms with van der Waals surface area (Å²) in [4.78, 5) is 12.3. The van der Waals surface area contributed by atoms with Crippen molar-refractivity contribution >= 4 is 13.6 Å². The number of ether oxygens (including phenoxy) is 1. The summed E-state index contributed by atoms with van der Waals surface area (Å²) >= 11 is 0. The average Bonchev–Trinajstić information content (AvgIpc) is 2.59. The van der Waals surface area contributed by atoms with Crippen LogP contribution < -0.4 is 4.74 Å². The quantitative estimate of drug-likeness (QED) is 0.388. The third-order valence-electron chi connectivity index (χ3n) is 3.52. The molecule has 2 aromatic carbocycles. The van der Waals surface area contributed by atoms with E-state index in [1.54, 1.807) is 0 Å². The molecule has 0 unspecified atom stereocenters. The van der Waals surface area contributed by atoms with E-state index in [1.165, 1.54) is 0 Å². The van der Waals surface area contributed by atoms with Gasteiger partial charge in [0.25, 0.3) is 0 Å². The van der Waals surface area contributed by atoms with Crippen molar-refractivity contribution < 1.29 is 9.53 Å². The molecule has 0 bridgehead atoms. The summed E-state index contributed by atoms with van der Waals surface area (Å²) in [5.41, 5.74) is 1.39. The first-order valence-corrected chi connectivity index (χ1v) is 7.84. The van der Waals surface area contributed by atoms with Gasteiger partial charge in [-0.2, -0.15) is 0 Å². The van der Waals surface area contributed by atoms with Crippen molar-refractivity contribution in [2.45, 2.75) is 32.0 Å². The molecule has 0 aliphatic rings.